The highest BCUT2D eigenvalue weighted by Crippen LogP contribution is 2.36. The van der Waals surface area contributed by atoms with E-state index in [0.29, 0.717) is 11.1 Å². The lowest BCUT2D eigenvalue weighted by atomic mass is 10.0. The molecular formula is C23H20O3S. The van der Waals surface area contributed by atoms with Crippen molar-refractivity contribution in [2.75, 3.05) is 7.11 Å². The Labute approximate surface area is 163 Å². The molecule has 0 aliphatic rings. The van der Waals surface area contributed by atoms with Crippen molar-refractivity contribution in [3.05, 3.63) is 102 Å². The third-order valence-corrected chi connectivity index (χ3v) is 5.39. The highest BCUT2D eigenvalue weighted by Gasteiger charge is 2.22. The van der Waals surface area contributed by atoms with Gasteiger partial charge in [-0.25, -0.2) is 0 Å². The van der Waals surface area contributed by atoms with E-state index in [1.54, 1.807) is 31.4 Å². The van der Waals surface area contributed by atoms with Gasteiger partial charge in [0.2, 0.25) is 5.12 Å². The first-order chi connectivity index (χ1) is 13.2. The van der Waals surface area contributed by atoms with Gasteiger partial charge >= 0.3 is 0 Å². The van der Waals surface area contributed by atoms with E-state index < -0.39 is 0 Å². The van der Waals surface area contributed by atoms with Crippen molar-refractivity contribution < 1.29 is 14.3 Å². The number of carbonyl (C=O) groups excluding carboxylic acids is 2. The zero-order valence-electron chi connectivity index (χ0n) is 15.0. The summed E-state index contributed by atoms with van der Waals surface area (Å²) < 4.78 is 5.21. The first kappa shape index (κ1) is 18.9. The van der Waals surface area contributed by atoms with Crippen LogP contribution in [-0.4, -0.2) is 18.0 Å². The zero-order valence-corrected chi connectivity index (χ0v) is 15.8. The molecule has 0 saturated heterocycles. The number of Topliss-reactive ketones (excluding diaryl/α,β-unsaturated/α-hetero) is 1. The fourth-order valence-electron chi connectivity index (χ4n) is 2.73. The van der Waals surface area contributed by atoms with Crippen LogP contribution in [0, 0.1) is 0 Å². The van der Waals surface area contributed by atoms with Crippen LogP contribution in [0.2, 0.25) is 0 Å². The van der Waals surface area contributed by atoms with E-state index in [-0.39, 0.29) is 22.6 Å². The van der Waals surface area contributed by atoms with Gasteiger partial charge in [-0.1, -0.05) is 84.6 Å². The highest BCUT2D eigenvalue weighted by molar-refractivity contribution is 8.14. The van der Waals surface area contributed by atoms with Gasteiger partial charge in [0.25, 0.3) is 0 Å². The molecule has 0 N–H and O–H groups in total. The maximum atomic E-state index is 12.7. The van der Waals surface area contributed by atoms with E-state index >= 15 is 0 Å². The molecule has 0 amide bonds. The molecule has 1 atom stereocenters. The van der Waals surface area contributed by atoms with E-state index in [1.165, 1.54) is 11.8 Å². The number of benzene rings is 3. The summed E-state index contributed by atoms with van der Waals surface area (Å²) >= 11 is 1.19. The zero-order chi connectivity index (χ0) is 19.1. The van der Waals surface area contributed by atoms with Crippen LogP contribution in [0.3, 0.4) is 0 Å². The molecule has 0 aromatic heterocycles. The minimum absolute atomic E-state index is 0.0183. The molecule has 27 heavy (non-hydrogen) atoms. The predicted octanol–water partition coefficient (Wildman–Crippen LogP) is 5.58. The lowest BCUT2D eigenvalue weighted by Gasteiger charge is -2.16. The average Bonchev–Trinajstić information content (AvgIpc) is 2.74. The van der Waals surface area contributed by atoms with Crippen molar-refractivity contribution in [2.45, 2.75) is 11.7 Å². The number of ketones is 1. The maximum Gasteiger partial charge on any atom is 0.219 e. The molecule has 0 unspecified atom stereocenters. The number of methoxy groups -OCH3 is 1. The summed E-state index contributed by atoms with van der Waals surface area (Å²) in [5.74, 6) is 0.760. The Morgan fingerprint density at radius 2 is 1.37 bits per heavy atom. The molecule has 3 aromatic carbocycles. The van der Waals surface area contributed by atoms with Crippen molar-refractivity contribution in [3.8, 4) is 5.75 Å². The third kappa shape index (κ3) is 5.08. The summed E-state index contributed by atoms with van der Waals surface area (Å²) in [6.45, 7) is 0. The fourth-order valence-corrected chi connectivity index (χ4v) is 3.79. The second-order valence-corrected chi connectivity index (χ2v) is 7.20. The molecule has 0 bridgehead atoms. The average molecular weight is 376 g/mol. The number of ether oxygens (including phenoxy) is 1. The minimum atomic E-state index is -0.267. The third-order valence-electron chi connectivity index (χ3n) is 4.21. The fraction of sp³-hybridized carbons (Fsp3) is 0.130. The van der Waals surface area contributed by atoms with Gasteiger partial charge < -0.3 is 4.74 Å². The van der Waals surface area contributed by atoms with E-state index in [0.717, 1.165) is 11.3 Å². The maximum absolute atomic E-state index is 12.7. The minimum Gasteiger partial charge on any atom is -0.497 e. The van der Waals surface area contributed by atoms with Crippen LogP contribution >= 0.6 is 11.8 Å². The van der Waals surface area contributed by atoms with Crippen LogP contribution in [-0.2, 0) is 0 Å². The normalized spacial score (nSPS) is 11.6. The molecule has 0 fully saturated rings. The van der Waals surface area contributed by atoms with Crippen molar-refractivity contribution in [3.63, 3.8) is 0 Å². The smallest absolute Gasteiger partial charge is 0.219 e. The topological polar surface area (TPSA) is 43.4 Å². The van der Waals surface area contributed by atoms with Crippen LogP contribution in [0.15, 0.2) is 84.9 Å². The molecule has 0 spiro atoms. The molecule has 0 saturated carbocycles. The monoisotopic (exact) mass is 376 g/mol. The number of thioether (sulfide) groups is 1. The SMILES string of the molecule is COc1ccc([C@@H](CC(=O)c2ccccc2)SC(=O)c2ccccc2)cc1. The van der Waals surface area contributed by atoms with Gasteiger partial charge in [0.1, 0.15) is 5.75 Å². The molecule has 0 aliphatic heterocycles. The summed E-state index contributed by atoms with van der Waals surface area (Å²) in [4.78, 5) is 25.4. The molecule has 136 valence electrons. The summed E-state index contributed by atoms with van der Waals surface area (Å²) in [6.07, 6.45) is 0.250. The Kier molecular flexibility index (Phi) is 6.44. The van der Waals surface area contributed by atoms with Gasteiger partial charge in [-0.15, -0.1) is 0 Å². The number of rotatable bonds is 7. The van der Waals surface area contributed by atoms with Crippen LogP contribution in [0.5, 0.6) is 5.75 Å². The number of carbonyl (C=O) groups is 2. The van der Waals surface area contributed by atoms with Gasteiger partial charge in [-0.3, -0.25) is 9.59 Å². The van der Waals surface area contributed by atoms with Gasteiger partial charge in [-0.2, -0.15) is 0 Å². The van der Waals surface area contributed by atoms with Crippen molar-refractivity contribution in [1.29, 1.82) is 0 Å². The first-order valence-corrected chi connectivity index (χ1v) is 9.53. The summed E-state index contributed by atoms with van der Waals surface area (Å²) in [5, 5.41) is -0.311. The van der Waals surface area contributed by atoms with E-state index in [2.05, 4.69) is 0 Å². The molecule has 0 heterocycles. The summed E-state index contributed by atoms with van der Waals surface area (Å²) in [5.41, 5.74) is 2.21. The Morgan fingerprint density at radius 3 is 1.93 bits per heavy atom. The molecular weight excluding hydrogens is 356 g/mol. The molecule has 4 heteroatoms. The number of hydrogen-bond donors (Lipinski definition) is 0. The highest BCUT2D eigenvalue weighted by atomic mass is 32.2. The standard InChI is InChI=1S/C23H20O3S/c1-26-20-14-12-18(13-15-20)22(16-21(24)17-8-4-2-5-9-17)27-23(25)19-10-6-3-7-11-19/h2-15,22H,16H2,1H3/t22-/m1/s1. The lowest BCUT2D eigenvalue weighted by Crippen LogP contribution is -2.08. The lowest BCUT2D eigenvalue weighted by molar-refractivity contribution is 0.0982. The van der Waals surface area contributed by atoms with Crippen LogP contribution in [0.25, 0.3) is 0 Å². The van der Waals surface area contributed by atoms with E-state index in [4.69, 9.17) is 4.74 Å². The van der Waals surface area contributed by atoms with Gasteiger partial charge in [-0.05, 0) is 17.7 Å². The Morgan fingerprint density at radius 1 is 0.815 bits per heavy atom. The van der Waals surface area contributed by atoms with Crippen molar-refractivity contribution in [1.82, 2.24) is 0 Å². The summed E-state index contributed by atoms with van der Waals surface area (Å²) in [6, 6.07) is 25.8. The molecule has 3 nitrogen and oxygen atoms in total. The van der Waals surface area contributed by atoms with E-state index in [9.17, 15) is 9.59 Å². The Bertz CT molecular complexity index is 836. The summed E-state index contributed by atoms with van der Waals surface area (Å²) in [7, 11) is 1.61. The van der Waals surface area contributed by atoms with Crippen LogP contribution in [0.1, 0.15) is 38.0 Å². The second kappa shape index (κ2) is 9.19. The molecule has 3 aromatic rings. The first-order valence-electron chi connectivity index (χ1n) is 8.65. The van der Waals surface area contributed by atoms with E-state index in [1.807, 2.05) is 60.7 Å². The Hall–Kier alpha value is -2.85. The van der Waals surface area contributed by atoms with Crippen LogP contribution < -0.4 is 4.74 Å². The van der Waals surface area contributed by atoms with Crippen molar-refractivity contribution >= 4 is 22.7 Å². The quantitative estimate of drug-likeness (QED) is 0.505. The predicted molar refractivity (Wildman–Crippen MR) is 109 cm³/mol. The second-order valence-electron chi connectivity index (χ2n) is 6.03. The number of hydrogen-bond acceptors (Lipinski definition) is 4. The van der Waals surface area contributed by atoms with Gasteiger partial charge in [0, 0.05) is 22.8 Å². The molecule has 3 rings (SSSR count). The largest absolute Gasteiger partial charge is 0.497 e. The van der Waals surface area contributed by atoms with Crippen molar-refractivity contribution in [2.24, 2.45) is 0 Å². The van der Waals surface area contributed by atoms with Crippen LogP contribution in [0.4, 0.5) is 0 Å². The Balaban J connectivity index is 1.83. The molecule has 0 radical (unpaired) electrons. The molecule has 0 aliphatic carbocycles. The van der Waals surface area contributed by atoms with Gasteiger partial charge in [0.05, 0.1) is 7.11 Å². The van der Waals surface area contributed by atoms with Gasteiger partial charge in [0.15, 0.2) is 5.78 Å².